The molecule has 0 unspecified atom stereocenters. The molecule has 0 spiro atoms. The molecule has 100 valence electrons. The molecule has 1 aliphatic heterocycles. The fourth-order valence-electron chi connectivity index (χ4n) is 3.16. The number of piperazine rings is 1. The van der Waals surface area contributed by atoms with Crippen LogP contribution in [-0.2, 0) is 0 Å². The highest BCUT2D eigenvalue weighted by Crippen LogP contribution is 2.22. The minimum atomic E-state index is 0.897. The van der Waals surface area contributed by atoms with Crippen LogP contribution in [0.3, 0.4) is 0 Å². The van der Waals surface area contributed by atoms with Crippen molar-refractivity contribution < 1.29 is 0 Å². The molecule has 3 nitrogen and oxygen atoms in total. The summed E-state index contributed by atoms with van der Waals surface area (Å²) in [5.41, 5.74) is 0. The van der Waals surface area contributed by atoms with Crippen LogP contribution in [0, 0.1) is 0 Å². The first-order valence-corrected chi connectivity index (χ1v) is 7.49. The van der Waals surface area contributed by atoms with E-state index in [2.05, 4.69) is 22.2 Å². The molecule has 1 saturated heterocycles. The fraction of sp³-hybridized carbons (Fsp3) is 1.00. The van der Waals surface area contributed by atoms with Crippen molar-refractivity contribution in [1.82, 2.24) is 15.1 Å². The lowest BCUT2D eigenvalue weighted by molar-refractivity contribution is 0.214. The second-order valence-electron chi connectivity index (χ2n) is 5.72. The van der Waals surface area contributed by atoms with Crippen molar-refractivity contribution in [3.63, 3.8) is 0 Å². The smallest absolute Gasteiger partial charge is 0.0107 e. The van der Waals surface area contributed by atoms with Crippen molar-refractivity contribution >= 4 is 0 Å². The lowest BCUT2D eigenvalue weighted by Gasteiger charge is -2.28. The van der Waals surface area contributed by atoms with Gasteiger partial charge in [0.15, 0.2) is 0 Å². The maximum Gasteiger partial charge on any atom is 0.0107 e. The van der Waals surface area contributed by atoms with E-state index < -0.39 is 0 Å². The number of unbranched alkanes of at least 4 members (excludes halogenated alkanes) is 1. The first-order chi connectivity index (χ1) is 8.36. The zero-order chi connectivity index (χ0) is 11.9. The highest BCUT2D eigenvalue weighted by Gasteiger charge is 2.18. The van der Waals surface area contributed by atoms with E-state index in [4.69, 9.17) is 0 Å². The summed E-state index contributed by atoms with van der Waals surface area (Å²) in [6.45, 7) is 7.47. The Morgan fingerprint density at radius 2 is 1.82 bits per heavy atom. The predicted molar refractivity (Wildman–Crippen MR) is 73.4 cm³/mol. The Hall–Kier alpha value is -0.120. The van der Waals surface area contributed by atoms with Gasteiger partial charge in [-0.1, -0.05) is 12.8 Å². The number of hydrogen-bond donors (Lipinski definition) is 1. The second kappa shape index (κ2) is 7.34. The minimum Gasteiger partial charge on any atom is -0.314 e. The van der Waals surface area contributed by atoms with Gasteiger partial charge in [-0.25, -0.2) is 0 Å². The zero-order valence-corrected chi connectivity index (χ0v) is 11.5. The Balaban J connectivity index is 1.50. The quantitative estimate of drug-likeness (QED) is 0.710. The fourth-order valence-corrected chi connectivity index (χ4v) is 3.16. The molecule has 0 bridgehead atoms. The molecule has 0 atom stereocenters. The maximum absolute atomic E-state index is 3.41. The topological polar surface area (TPSA) is 18.5 Å². The maximum atomic E-state index is 3.41. The van der Waals surface area contributed by atoms with Crippen LogP contribution in [-0.4, -0.2) is 62.2 Å². The van der Waals surface area contributed by atoms with E-state index in [0.717, 1.165) is 6.04 Å². The molecule has 2 rings (SSSR count). The Kier molecular flexibility index (Phi) is 5.75. The van der Waals surface area contributed by atoms with Crippen LogP contribution < -0.4 is 5.32 Å². The Labute approximate surface area is 107 Å². The summed E-state index contributed by atoms with van der Waals surface area (Å²) in [6.07, 6.45) is 8.53. The predicted octanol–water partition coefficient (Wildman–Crippen LogP) is 1.55. The van der Waals surface area contributed by atoms with Crippen LogP contribution in [0.5, 0.6) is 0 Å². The van der Waals surface area contributed by atoms with Gasteiger partial charge in [-0.2, -0.15) is 0 Å². The Morgan fingerprint density at radius 1 is 1.12 bits per heavy atom. The summed E-state index contributed by atoms with van der Waals surface area (Å²) < 4.78 is 0. The third-order valence-electron chi connectivity index (χ3n) is 4.39. The summed E-state index contributed by atoms with van der Waals surface area (Å²) >= 11 is 0. The van der Waals surface area contributed by atoms with Gasteiger partial charge in [0, 0.05) is 32.2 Å². The number of hydrogen-bond acceptors (Lipinski definition) is 3. The standard InChI is InChI=1S/C14H29N3/c1-16(14-6-2-3-7-14)10-4-5-11-17-12-8-15-9-13-17/h14-15H,2-13H2,1H3. The molecule has 2 fully saturated rings. The van der Waals surface area contributed by atoms with E-state index in [1.165, 1.54) is 77.8 Å². The molecule has 3 heteroatoms. The largest absolute Gasteiger partial charge is 0.314 e. The van der Waals surface area contributed by atoms with E-state index >= 15 is 0 Å². The minimum absolute atomic E-state index is 0.897. The molecule has 17 heavy (non-hydrogen) atoms. The van der Waals surface area contributed by atoms with Gasteiger partial charge in [-0.15, -0.1) is 0 Å². The molecule has 0 aromatic rings. The molecule has 1 N–H and O–H groups in total. The van der Waals surface area contributed by atoms with Gasteiger partial charge in [-0.3, -0.25) is 0 Å². The van der Waals surface area contributed by atoms with Gasteiger partial charge in [-0.05, 0) is 45.8 Å². The van der Waals surface area contributed by atoms with Crippen molar-refractivity contribution in [2.24, 2.45) is 0 Å². The molecule has 0 amide bonds. The molecule has 0 aromatic carbocycles. The van der Waals surface area contributed by atoms with Gasteiger partial charge in [0.2, 0.25) is 0 Å². The number of nitrogens with zero attached hydrogens (tertiary/aromatic N) is 2. The first kappa shape index (κ1) is 13.3. The van der Waals surface area contributed by atoms with Crippen LogP contribution in [0.15, 0.2) is 0 Å². The third kappa shape index (κ3) is 4.57. The molecule has 1 heterocycles. The summed E-state index contributed by atoms with van der Waals surface area (Å²) in [5, 5.41) is 3.41. The summed E-state index contributed by atoms with van der Waals surface area (Å²) in [6, 6.07) is 0.897. The zero-order valence-electron chi connectivity index (χ0n) is 11.5. The molecule has 1 saturated carbocycles. The highest BCUT2D eigenvalue weighted by atomic mass is 15.2. The Bertz CT molecular complexity index is 196. The third-order valence-corrected chi connectivity index (χ3v) is 4.39. The van der Waals surface area contributed by atoms with Crippen LogP contribution >= 0.6 is 0 Å². The Morgan fingerprint density at radius 3 is 2.53 bits per heavy atom. The molecular weight excluding hydrogens is 210 g/mol. The van der Waals surface area contributed by atoms with Crippen molar-refractivity contribution in [1.29, 1.82) is 0 Å². The second-order valence-corrected chi connectivity index (χ2v) is 5.72. The van der Waals surface area contributed by atoms with Crippen molar-refractivity contribution in [2.75, 3.05) is 46.3 Å². The monoisotopic (exact) mass is 239 g/mol. The van der Waals surface area contributed by atoms with E-state index in [9.17, 15) is 0 Å². The highest BCUT2D eigenvalue weighted by molar-refractivity contribution is 4.75. The SMILES string of the molecule is CN(CCCCN1CCNCC1)C1CCCC1. The van der Waals surface area contributed by atoms with Crippen molar-refractivity contribution in [3.05, 3.63) is 0 Å². The average molecular weight is 239 g/mol. The normalized spacial score (nSPS) is 23.6. The summed E-state index contributed by atoms with van der Waals surface area (Å²) in [7, 11) is 2.32. The average Bonchev–Trinajstić information content (AvgIpc) is 2.89. The van der Waals surface area contributed by atoms with Gasteiger partial charge in [0.25, 0.3) is 0 Å². The summed E-state index contributed by atoms with van der Waals surface area (Å²) in [4.78, 5) is 5.21. The van der Waals surface area contributed by atoms with Crippen LogP contribution in [0.2, 0.25) is 0 Å². The lowest BCUT2D eigenvalue weighted by atomic mass is 10.2. The first-order valence-electron chi connectivity index (χ1n) is 7.49. The molecular formula is C14H29N3. The van der Waals surface area contributed by atoms with E-state index in [1.54, 1.807) is 0 Å². The van der Waals surface area contributed by atoms with Crippen LogP contribution in [0.4, 0.5) is 0 Å². The molecule has 0 aromatic heterocycles. The van der Waals surface area contributed by atoms with Gasteiger partial charge in [0.05, 0.1) is 0 Å². The number of nitrogens with one attached hydrogen (secondary N) is 1. The summed E-state index contributed by atoms with van der Waals surface area (Å²) in [5.74, 6) is 0. The van der Waals surface area contributed by atoms with E-state index in [0.29, 0.717) is 0 Å². The molecule has 2 aliphatic rings. The van der Waals surface area contributed by atoms with Crippen LogP contribution in [0.1, 0.15) is 38.5 Å². The van der Waals surface area contributed by atoms with E-state index in [-0.39, 0.29) is 0 Å². The number of rotatable bonds is 6. The lowest BCUT2D eigenvalue weighted by Crippen LogP contribution is -2.43. The van der Waals surface area contributed by atoms with Crippen molar-refractivity contribution in [3.8, 4) is 0 Å². The van der Waals surface area contributed by atoms with E-state index in [1.807, 2.05) is 0 Å². The van der Waals surface area contributed by atoms with Gasteiger partial charge >= 0.3 is 0 Å². The van der Waals surface area contributed by atoms with Gasteiger partial charge in [0.1, 0.15) is 0 Å². The van der Waals surface area contributed by atoms with Crippen molar-refractivity contribution in [2.45, 2.75) is 44.6 Å². The molecule has 0 radical (unpaired) electrons. The van der Waals surface area contributed by atoms with Crippen LogP contribution in [0.25, 0.3) is 0 Å². The van der Waals surface area contributed by atoms with Gasteiger partial charge < -0.3 is 15.1 Å². The molecule has 1 aliphatic carbocycles.